The van der Waals surface area contributed by atoms with E-state index < -0.39 is 0 Å². The van der Waals surface area contributed by atoms with Gasteiger partial charge in [-0.25, -0.2) is 0 Å². The Balaban J connectivity index is 1.88. The summed E-state index contributed by atoms with van der Waals surface area (Å²) in [7, 11) is 0. The minimum atomic E-state index is 0.453. The Labute approximate surface area is 133 Å². The molecule has 2 aliphatic rings. The molecule has 0 aromatic rings. The molecule has 2 fully saturated rings. The fourth-order valence-corrected chi connectivity index (χ4v) is 4.46. The van der Waals surface area contributed by atoms with Crippen LogP contribution in [0.3, 0.4) is 0 Å². The largest absolute Gasteiger partial charge is 0.310 e. The second kappa shape index (κ2) is 7.97. The molecule has 2 heteroatoms. The van der Waals surface area contributed by atoms with Crippen LogP contribution < -0.4 is 5.32 Å². The summed E-state index contributed by atoms with van der Waals surface area (Å²) in [5.74, 6) is 0. The average Bonchev–Trinajstić information content (AvgIpc) is 2.62. The third kappa shape index (κ3) is 5.56. The van der Waals surface area contributed by atoms with Crippen LogP contribution in [-0.2, 0) is 0 Å². The van der Waals surface area contributed by atoms with E-state index in [0.29, 0.717) is 11.0 Å². The van der Waals surface area contributed by atoms with E-state index >= 15 is 0 Å². The summed E-state index contributed by atoms with van der Waals surface area (Å²) >= 11 is 0. The van der Waals surface area contributed by atoms with Crippen LogP contribution in [0.2, 0.25) is 0 Å². The molecule has 0 amide bonds. The van der Waals surface area contributed by atoms with Gasteiger partial charge in [-0.1, -0.05) is 59.3 Å². The molecule has 0 aromatic heterocycles. The predicted octanol–water partition coefficient (Wildman–Crippen LogP) is 4.59. The quantitative estimate of drug-likeness (QED) is 0.721. The zero-order chi connectivity index (χ0) is 15.2. The van der Waals surface area contributed by atoms with Crippen LogP contribution in [0.25, 0.3) is 0 Å². The molecule has 1 aliphatic carbocycles. The van der Waals surface area contributed by atoms with Gasteiger partial charge >= 0.3 is 0 Å². The van der Waals surface area contributed by atoms with Gasteiger partial charge in [-0.05, 0) is 44.2 Å². The van der Waals surface area contributed by atoms with E-state index in [9.17, 15) is 0 Å². The van der Waals surface area contributed by atoms with Gasteiger partial charge in [0.2, 0.25) is 0 Å². The Morgan fingerprint density at radius 3 is 2.52 bits per heavy atom. The summed E-state index contributed by atoms with van der Waals surface area (Å²) in [6.07, 6.45) is 14.0. The molecule has 1 N–H and O–H groups in total. The summed E-state index contributed by atoms with van der Waals surface area (Å²) in [5.41, 5.74) is 0.934. The first-order valence-corrected chi connectivity index (χ1v) is 9.53. The lowest BCUT2D eigenvalue weighted by molar-refractivity contribution is 0.119. The molecule has 2 nitrogen and oxygen atoms in total. The lowest BCUT2D eigenvalue weighted by atomic mass is 9.80. The molecule has 0 radical (unpaired) electrons. The zero-order valence-electron chi connectivity index (χ0n) is 14.8. The van der Waals surface area contributed by atoms with E-state index in [0.717, 1.165) is 0 Å². The fraction of sp³-hybridized carbons (Fsp3) is 1.00. The second-order valence-corrected chi connectivity index (χ2v) is 8.45. The summed E-state index contributed by atoms with van der Waals surface area (Å²) in [6, 6.07) is 0. The molecule has 1 spiro atoms. The Kier molecular flexibility index (Phi) is 6.55. The van der Waals surface area contributed by atoms with Crippen LogP contribution in [0.1, 0.15) is 85.0 Å². The fourth-order valence-electron chi connectivity index (χ4n) is 4.46. The molecule has 1 heterocycles. The van der Waals surface area contributed by atoms with E-state index in [1.807, 2.05) is 0 Å². The van der Waals surface area contributed by atoms with E-state index in [-0.39, 0.29) is 0 Å². The summed E-state index contributed by atoms with van der Waals surface area (Å²) in [5, 5.41) is 3.92. The normalized spacial score (nSPS) is 24.1. The van der Waals surface area contributed by atoms with Crippen molar-refractivity contribution in [1.29, 1.82) is 0 Å². The minimum absolute atomic E-state index is 0.453. The SMILES string of the molecule is CCCCCC(C)(C)CN1CCCNC2(CCCCC2)C1. The Hall–Kier alpha value is -0.0800. The van der Waals surface area contributed by atoms with E-state index in [2.05, 4.69) is 31.0 Å². The van der Waals surface area contributed by atoms with Gasteiger partial charge in [-0.2, -0.15) is 0 Å². The predicted molar refractivity (Wildman–Crippen MR) is 92.8 cm³/mol. The number of unbranched alkanes of at least 4 members (excludes halogenated alkanes) is 2. The molecule has 124 valence electrons. The van der Waals surface area contributed by atoms with Crippen molar-refractivity contribution < 1.29 is 0 Å². The van der Waals surface area contributed by atoms with Crippen molar-refractivity contribution in [2.75, 3.05) is 26.2 Å². The van der Waals surface area contributed by atoms with Crippen molar-refractivity contribution in [3.8, 4) is 0 Å². The molecular weight excluding hydrogens is 256 g/mol. The zero-order valence-corrected chi connectivity index (χ0v) is 14.8. The van der Waals surface area contributed by atoms with Gasteiger partial charge in [0.25, 0.3) is 0 Å². The van der Waals surface area contributed by atoms with Crippen molar-refractivity contribution in [2.45, 2.75) is 90.5 Å². The topological polar surface area (TPSA) is 15.3 Å². The molecule has 0 atom stereocenters. The average molecular weight is 295 g/mol. The summed E-state index contributed by atoms with van der Waals surface area (Å²) < 4.78 is 0. The van der Waals surface area contributed by atoms with Crippen molar-refractivity contribution in [3.63, 3.8) is 0 Å². The Morgan fingerprint density at radius 1 is 1.05 bits per heavy atom. The first-order valence-electron chi connectivity index (χ1n) is 9.53. The van der Waals surface area contributed by atoms with Crippen LogP contribution in [-0.4, -0.2) is 36.6 Å². The number of hydrogen-bond donors (Lipinski definition) is 1. The van der Waals surface area contributed by atoms with Gasteiger partial charge < -0.3 is 10.2 Å². The Bertz CT molecular complexity index is 292. The van der Waals surface area contributed by atoms with Crippen molar-refractivity contribution in [3.05, 3.63) is 0 Å². The van der Waals surface area contributed by atoms with Gasteiger partial charge in [-0.3, -0.25) is 0 Å². The van der Waals surface area contributed by atoms with Gasteiger partial charge in [0, 0.05) is 18.6 Å². The highest BCUT2D eigenvalue weighted by molar-refractivity contribution is 4.96. The minimum Gasteiger partial charge on any atom is -0.310 e. The number of rotatable bonds is 6. The molecule has 1 aliphatic heterocycles. The molecule has 1 saturated carbocycles. The molecule has 0 bridgehead atoms. The number of nitrogens with zero attached hydrogens (tertiary/aromatic N) is 1. The lowest BCUT2D eigenvalue weighted by Gasteiger charge is -2.42. The smallest absolute Gasteiger partial charge is 0.0308 e. The summed E-state index contributed by atoms with van der Waals surface area (Å²) in [4.78, 5) is 2.79. The van der Waals surface area contributed by atoms with Crippen molar-refractivity contribution in [1.82, 2.24) is 10.2 Å². The molecule has 0 aromatic carbocycles. The van der Waals surface area contributed by atoms with E-state index in [1.54, 1.807) is 0 Å². The molecule has 2 rings (SSSR count). The highest BCUT2D eigenvalue weighted by atomic mass is 15.2. The van der Waals surface area contributed by atoms with Crippen LogP contribution in [0.4, 0.5) is 0 Å². The Morgan fingerprint density at radius 2 is 1.81 bits per heavy atom. The lowest BCUT2D eigenvalue weighted by Crippen LogP contribution is -2.53. The monoisotopic (exact) mass is 294 g/mol. The maximum Gasteiger partial charge on any atom is 0.0308 e. The highest BCUT2D eigenvalue weighted by Crippen LogP contribution is 2.32. The molecule has 0 unspecified atom stereocenters. The third-order valence-corrected chi connectivity index (χ3v) is 5.60. The first-order chi connectivity index (χ1) is 10.1. The molecular formula is C19H38N2. The van der Waals surface area contributed by atoms with Gasteiger partial charge in [0.05, 0.1) is 0 Å². The third-order valence-electron chi connectivity index (χ3n) is 5.60. The van der Waals surface area contributed by atoms with Crippen LogP contribution in [0.5, 0.6) is 0 Å². The van der Waals surface area contributed by atoms with Gasteiger partial charge in [0.15, 0.2) is 0 Å². The van der Waals surface area contributed by atoms with Crippen LogP contribution in [0.15, 0.2) is 0 Å². The van der Waals surface area contributed by atoms with Gasteiger partial charge in [0.1, 0.15) is 0 Å². The molecule has 1 saturated heterocycles. The van der Waals surface area contributed by atoms with E-state index in [1.165, 1.54) is 90.4 Å². The van der Waals surface area contributed by atoms with Crippen LogP contribution in [0, 0.1) is 5.41 Å². The number of nitrogens with one attached hydrogen (secondary N) is 1. The van der Waals surface area contributed by atoms with Crippen LogP contribution >= 0.6 is 0 Å². The maximum atomic E-state index is 3.92. The highest BCUT2D eigenvalue weighted by Gasteiger charge is 2.36. The number of hydrogen-bond acceptors (Lipinski definition) is 2. The molecule has 21 heavy (non-hydrogen) atoms. The second-order valence-electron chi connectivity index (χ2n) is 8.45. The first kappa shape index (κ1) is 17.3. The van der Waals surface area contributed by atoms with Crippen molar-refractivity contribution >= 4 is 0 Å². The summed E-state index contributed by atoms with van der Waals surface area (Å²) in [6.45, 7) is 12.4. The standard InChI is InChI=1S/C19H38N2/c1-4-5-7-11-18(2,3)16-21-15-10-14-20-19(17-21)12-8-6-9-13-19/h20H,4-17H2,1-3H3. The maximum absolute atomic E-state index is 3.92. The van der Waals surface area contributed by atoms with Crippen molar-refractivity contribution in [2.24, 2.45) is 5.41 Å². The van der Waals surface area contributed by atoms with E-state index in [4.69, 9.17) is 0 Å². The van der Waals surface area contributed by atoms with Gasteiger partial charge in [-0.15, -0.1) is 0 Å².